The number of carbonyl (C=O) groups excluding carboxylic acids is 2. The molecule has 3 rings (SSSR count). The predicted molar refractivity (Wildman–Crippen MR) is 109 cm³/mol. The van der Waals surface area contributed by atoms with Gasteiger partial charge in [0.25, 0.3) is 0 Å². The van der Waals surface area contributed by atoms with Crippen molar-refractivity contribution in [3.8, 4) is 0 Å². The quantitative estimate of drug-likeness (QED) is 0.623. The lowest BCUT2D eigenvalue weighted by molar-refractivity contribution is -0.121. The fourth-order valence-electron chi connectivity index (χ4n) is 3.34. The molecule has 2 heterocycles. The van der Waals surface area contributed by atoms with Gasteiger partial charge < -0.3 is 21.3 Å². The second kappa shape index (κ2) is 11.4. The highest BCUT2D eigenvalue weighted by Crippen LogP contribution is 2.25. The minimum Gasteiger partial charge on any atom is -0.324 e. The summed E-state index contributed by atoms with van der Waals surface area (Å²) < 4.78 is 0. The van der Waals surface area contributed by atoms with Crippen LogP contribution in [0.5, 0.6) is 0 Å². The SMILES string of the molecule is Cl.Cl.O=C(Nc1ccccc1NC(=O)C1CCNCC1)C1CCNCC1. The van der Waals surface area contributed by atoms with Crippen molar-refractivity contribution in [3.63, 3.8) is 0 Å². The summed E-state index contributed by atoms with van der Waals surface area (Å²) in [5.74, 6) is 0.166. The van der Waals surface area contributed by atoms with Gasteiger partial charge in [-0.15, -0.1) is 24.8 Å². The first-order chi connectivity index (χ1) is 11.7. The van der Waals surface area contributed by atoms with Crippen LogP contribution in [0.2, 0.25) is 0 Å². The highest BCUT2D eigenvalue weighted by atomic mass is 35.5. The molecular weight excluding hydrogens is 375 g/mol. The molecular formula is C18H28Cl2N4O2. The molecule has 1 aromatic rings. The fraction of sp³-hybridized carbons (Fsp3) is 0.556. The number of nitrogens with one attached hydrogen (secondary N) is 4. The van der Waals surface area contributed by atoms with Crippen LogP contribution in [-0.4, -0.2) is 38.0 Å². The lowest BCUT2D eigenvalue weighted by Gasteiger charge is -2.24. The van der Waals surface area contributed by atoms with Crippen LogP contribution in [0.3, 0.4) is 0 Å². The minimum atomic E-state index is 0. The number of piperidine rings is 2. The maximum atomic E-state index is 12.4. The number of halogens is 2. The molecule has 0 aliphatic carbocycles. The van der Waals surface area contributed by atoms with Gasteiger partial charge in [0.15, 0.2) is 0 Å². The van der Waals surface area contributed by atoms with Gasteiger partial charge in [-0.25, -0.2) is 0 Å². The van der Waals surface area contributed by atoms with Gasteiger partial charge in [-0.05, 0) is 64.0 Å². The van der Waals surface area contributed by atoms with Crippen molar-refractivity contribution < 1.29 is 9.59 Å². The van der Waals surface area contributed by atoms with Crippen molar-refractivity contribution >= 4 is 48.0 Å². The minimum absolute atomic E-state index is 0. The first-order valence-electron chi connectivity index (χ1n) is 8.86. The summed E-state index contributed by atoms with van der Waals surface area (Å²) >= 11 is 0. The number of para-hydroxylation sites is 2. The van der Waals surface area contributed by atoms with Gasteiger partial charge >= 0.3 is 0 Å². The first-order valence-corrected chi connectivity index (χ1v) is 8.86. The Morgan fingerprint density at radius 3 is 1.42 bits per heavy atom. The summed E-state index contributed by atoms with van der Waals surface area (Å²) in [5, 5.41) is 12.5. The topological polar surface area (TPSA) is 82.3 Å². The molecule has 0 bridgehead atoms. The van der Waals surface area contributed by atoms with Gasteiger partial charge in [0.05, 0.1) is 11.4 Å². The van der Waals surface area contributed by atoms with Crippen LogP contribution in [0.15, 0.2) is 24.3 Å². The molecule has 0 saturated carbocycles. The zero-order valence-electron chi connectivity index (χ0n) is 14.8. The van der Waals surface area contributed by atoms with Crippen molar-refractivity contribution in [2.75, 3.05) is 36.8 Å². The lowest BCUT2D eigenvalue weighted by atomic mass is 9.96. The van der Waals surface area contributed by atoms with E-state index in [1.807, 2.05) is 24.3 Å². The van der Waals surface area contributed by atoms with Crippen molar-refractivity contribution in [1.82, 2.24) is 10.6 Å². The Labute approximate surface area is 167 Å². The molecule has 2 fully saturated rings. The molecule has 4 N–H and O–H groups in total. The molecule has 0 atom stereocenters. The number of rotatable bonds is 4. The van der Waals surface area contributed by atoms with Crippen molar-refractivity contribution in [2.45, 2.75) is 25.7 Å². The smallest absolute Gasteiger partial charge is 0.227 e. The highest BCUT2D eigenvalue weighted by Gasteiger charge is 2.23. The summed E-state index contributed by atoms with van der Waals surface area (Å²) in [6.07, 6.45) is 3.43. The van der Waals surface area contributed by atoms with E-state index in [2.05, 4.69) is 21.3 Å². The van der Waals surface area contributed by atoms with Crippen LogP contribution < -0.4 is 21.3 Å². The van der Waals surface area contributed by atoms with Crippen LogP contribution >= 0.6 is 24.8 Å². The average molecular weight is 403 g/mol. The Kier molecular flexibility index (Phi) is 9.94. The third-order valence-corrected chi connectivity index (χ3v) is 4.86. The molecule has 2 saturated heterocycles. The van der Waals surface area contributed by atoms with E-state index < -0.39 is 0 Å². The number of anilines is 2. The van der Waals surface area contributed by atoms with Gasteiger partial charge in [0.1, 0.15) is 0 Å². The van der Waals surface area contributed by atoms with E-state index >= 15 is 0 Å². The van der Waals surface area contributed by atoms with E-state index in [0.717, 1.165) is 51.9 Å². The molecule has 0 radical (unpaired) electrons. The van der Waals surface area contributed by atoms with Crippen LogP contribution in [0.25, 0.3) is 0 Å². The summed E-state index contributed by atoms with van der Waals surface area (Å²) in [7, 11) is 0. The fourth-order valence-corrected chi connectivity index (χ4v) is 3.34. The highest BCUT2D eigenvalue weighted by molar-refractivity contribution is 6.00. The van der Waals surface area contributed by atoms with E-state index in [0.29, 0.717) is 11.4 Å². The van der Waals surface area contributed by atoms with E-state index in [-0.39, 0.29) is 48.5 Å². The third-order valence-electron chi connectivity index (χ3n) is 4.86. The van der Waals surface area contributed by atoms with Crippen LogP contribution in [0, 0.1) is 11.8 Å². The van der Waals surface area contributed by atoms with Crippen molar-refractivity contribution in [2.24, 2.45) is 11.8 Å². The predicted octanol–water partition coefficient (Wildman–Crippen LogP) is 2.41. The summed E-state index contributed by atoms with van der Waals surface area (Å²) in [6, 6.07) is 7.43. The Hall–Kier alpha value is -1.34. The summed E-state index contributed by atoms with van der Waals surface area (Å²) in [4.78, 5) is 24.9. The lowest BCUT2D eigenvalue weighted by Crippen LogP contribution is -2.35. The average Bonchev–Trinajstić information content (AvgIpc) is 2.64. The van der Waals surface area contributed by atoms with E-state index in [1.54, 1.807) is 0 Å². The standard InChI is InChI=1S/C18H26N4O2.2ClH/c23-17(13-5-9-19-10-6-13)21-15-3-1-2-4-16(15)22-18(24)14-7-11-20-12-8-14;;/h1-4,13-14,19-20H,5-12H2,(H,21,23)(H,22,24);2*1H. The Morgan fingerprint density at radius 2 is 1.08 bits per heavy atom. The van der Waals surface area contributed by atoms with Crippen molar-refractivity contribution in [3.05, 3.63) is 24.3 Å². The van der Waals surface area contributed by atoms with Crippen LogP contribution in [0.4, 0.5) is 11.4 Å². The molecule has 6 nitrogen and oxygen atoms in total. The molecule has 0 unspecified atom stereocenters. The van der Waals surface area contributed by atoms with Gasteiger partial charge in [-0.1, -0.05) is 12.1 Å². The second-order valence-corrected chi connectivity index (χ2v) is 6.57. The maximum Gasteiger partial charge on any atom is 0.227 e. The van der Waals surface area contributed by atoms with Crippen LogP contribution in [-0.2, 0) is 9.59 Å². The van der Waals surface area contributed by atoms with Crippen LogP contribution in [0.1, 0.15) is 25.7 Å². The van der Waals surface area contributed by atoms with Gasteiger partial charge in [-0.2, -0.15) is 0 Å². The summed E-state index contributed by atoms with van der Waals surface area (Å²) in [5.41, 5.74) is 1.37. The number of amides is 2. The molecule has 2 aliphatic heterocycles. The van der Waals surface area contributed by atoms with E-state index in [9.17, 15) is 9.59 Å². The maximum absolute atomic E-state index is 12.4. The monoisotopic (exact) mass is 402 g/mol. The van der Waals surface area contributed by atoms with Gasteiger partial charge in [-0.3, -0.25) is 9.59 Å². The molecule has 2 amide bonds. The molecule has 146 valence electrons. The van der Waals surface area contributed by atoms with Gasteiger partial charge in [0.2, 0.25) is 11.8 Å². The molecule has 2 aliphatic rings. The molecule has 0 spiro atoms. The third kappa shape index (κ3) is 6.13. The number of benzene rings is 1. The Morgan fingerprint density at radius 1 is 0.731 bits per heavy atom. The Balaban J connectivity index is 0.00000169. The van der Waals surface area contributed by atoms with Gasteiger partial charge in [0, 0.05) is 11.8 Å². The number of carbonyl (C=O) groups is 2. The number of hydrogen-bond donors (Lipinski definition) is 4. The zero-order valence-corrected chi connectivity index (χ0v) is 16.4. The largest absolute Gasteiger partial charge is 0.324 e. The first kappa shape index (κ1) is 22.7. The molecule has 1 aromatic carbocycles. The zero-order chi connectivity index (χ0) is 16.8. The molecule has 26 heavy (non-hydrogen) atoms. The van der Waals surface area contributed by atoms with E-state index in [4.69, 9.17) is 0 Å². The number of hydrogen-bond acceptors (Lipinski definition) is 4. The molecule has 8 heteroatoms. The normalized spacial score (nSPS) is 18.2. The van der Waals surface area contributed by atoms with E-state index in [1.165, 1.54) is 0 Å². The second-order valence-electron chi connectivity index (χ2n) is 6.57. The Bertz CT molecular complexity index is 537. The summed E-state index contributed by atoms with van der Waals surface area (Å²) in [6.45, 7) is 3.52. The molecule has 0 aromatic heterocycles. The van der Waals surface area contributed by atoms with Crippen molar-refractivity contribution in [1.29, 1.82) is 0 Å².